The predicted octanol–water partition coefficient (Wildman–Crippen LogP) is 2.60. The van der Waals surface area contributed by atoms with Crippen LogP contribution in [-0.2, 0) is 13.6 Å². The molecule has 2 fully saturated rings. The first-order chi connectivity index (χ1) is 10.1. The van der Waals surface area contributed by atoms with Gasteiger partial charge in [-0.15, -0.1) is 0 Å². The van der Waals surface area contributed by atoms with Crippen LogP contribution in [0.2, 0.25) is 0 Å². The fraction of sp³-hybridized carbons (Fsp3) is 0.824. The minimum atomic E-state index is 0.712. The van der Waals surface area contributed by atoms with Gasteiger partial charge in [-0.2, -0.15) is 5.10 Å². The first-order valence-electron chi connectivity index (χ1n) is 8.54. The van der Waals surface area contributed by atoms with Crippen molar-refractivity contribution in [2.75, 3.05) is 27.2 Å². The summed E-state index contributed by atoms with van der Waals surface area (Å²) >= 11 is 0. The van der Waals surface area contributed by atoms with Gasteiger partial charge in [-0.3, -0.25) is 4.68 Å². The maximum Gasteiger partial charge on any atom is 0.0700 e. The average Bonchev–Trinajstić information content (AvgIpc) is 3.13. The van der Waals surface area contributed by atoms with Crippen molar-refractivity contribution in [3.05, 3.63) is 17.5 Å². The van der Waals surface area contributed by atoms with Gasteiger partial charge in [0.2, 0.25) is 0 Å². The zero-order chi connectivity index (χ0) is 14.8. The third-order valence-corrected chi connectivity index (χ3v) is 5.31. The molecule has 1 aliphatic heterocycles. The van der Waals surface area contributed by atoms with Crippen molar-refractivity contribution in [2.24, 2.45) is 7.05 Å². The Bertz CT molecular complexity index is 461. The second-order valence-corrected chi connectivity index (χ2v) is 7.17. The molecule has 0 spiro atoms. The second kappa shape index (κ2) is 6.49. The fourth-order valence-corrected chi connectivity index (χ4v) is 4.14. The lowest BCUT2D eigenvalue weighted by atomic mass is 10.0. The van der Waals surface area contributed by atoms with Gasteiger partial charge in [0.15, 0.2) is 0 Å². The van der Waals surface area contributed by atoms with E-state index in [0.717, 1.165) is 12.6 Å². The highest BCUT2D eigenvalue weighted by atomic mass is 15.3. The molecule has 21 heavy (non-hydrogen) atoms. The highest BCUT2D eigenvalue weighted by molar-refractivity contribution is 5.22. The maximum absolute atomic E-state index is 4.77. The molecule has 1 aromatic heterocycles. The van der Waals surface area contributed by atoms with Crippen LogP contribution in [0.15, 0.2) is 6.20 Å². The summed E-state index contributed by atoms with van der Waals surface area (Å²) in [6, 6.07) is 0.738. The van der Waals surface area contributed by atoms with Crippen LogP contribution in [0.25, 0.3) is 0 Å². The van der Waals surface area contributed by atoms with Gasteiger partial charge in [0.25, 0.3) is 0 Å². The summed E-state index contributed by atoms with van der Waals surface area (Å²) in [6.07, 6.45) is 10.4. The third kappa shape index (κ3) is 3.49. The molecule has 0 amide bonds. The third-order valence-electron chi connectivity index (χ3n) is 5.31. The standard InChI is InChI=1S/C17H30N4/c1-19(13-16-9-6-10-20(16)2)11-15-12-21(3)18-17(15)14-7-4-5-8-14/h12,14,16H,4-11,13H2,1-3H3/t16-/m0/s1. The number of hydrogen-bond donors (Lipinski definition) is 0. The average molecular weight is 290 g/mol. The van der Waals surface area contributed by atoms with Gasteiger partial charge in [0.1, 0.15) is 0 Å². The second-order valence-electron chi connectivity index (χ2n) is 7.17. The zero-order valence-electron chi connectivity index (χ0n) is 13.9. The molecule has 4 heteroatoms. The van der Waals surface area contributed by atoms with Gasteiger partial charge in [-0.1, -0.05) is 12.8 Å². The van der Waals surface area contributed by atoms with Gasteiger partial charge in [0, 0.05) is 43.9 Å². The number of aromatic nitrogens is 2. The van der Waals surface area contributed by atoms with E-state index in [1.807, 2.05) is 4.68 Å². The molecule has 1 saturated heterocycles. The highest BCUT2D eigenvalue weighted by Crippen LogP contribution is 2.35. The largest absolute Gasteiger partial charge is 0.302 e. The van der Waals surface area contributed by atoms with Crippen LogP contribution in [-0.4, -0.2) is 52.8 Å². The summed E-state index contributed by atoms with van der Waals surface area (Å²) in [5.74, 6) is 0.712. The smallest absolute Gasteiger partial charge is 0.0700 e. The van der Waals surface area contributed by atoms with E-state index in [0.29, 0.717) is 5.92 Å². The minimum Gasteiger partial charge on any atom is -0.302 e. The molecule has 2 aliphatic rings. The van der Waals surface area contributed by atoms with Crippen molar-refractivity contribution in [2.45, 2.75) is 57.0 Å². The van der Waals surface area contributed by atoms with Crippen LogP contribution < -0.4 is 0 Å². The zero-order valence-corrected chi connectivity index (χ0v) is 13.9. The van der Waals surface area contributed by atoms with Crippen molar-refractivity contribution >= 4 is 0 Å². The van der Waals surface area contributed by atoms with Gasteiger partial charge >= 0.3 is 0 Å². The maximum atomic E-state index is 4.77. The Hall–Kier alpha value is -0.870. The number of likely N-dealkylation sites (tertiary alicyclic amines) is 1. The lowest BCUT2D eigenvalue weighted by Gasteiger charge is -2.26. The monoisotopic (exact) mass is 290 g/mol. The highest BCUT2D eigenvalue weighted by Gasteiger charge is 2.25. The van der Waals surface area contributed by atoms with E-state index < -0.39 is 0 Å². The Morgan fingerprint density at radius 3 is 2.62 bits per heavy atom. The molecular formula is C17H30N4. The molecule has 1 saturated carbocycles. The van der Waals surface area contributed by atoms with E-state index in [1.54, 1.807) is 0 Å². The van der Waals surface area contributed by atoms with Crippen molar-refractivity contribution < 1.29 is 0 Å². The van der Waals surface area contributed by atoms with E-state index in [4.69, 9.17) is 5.10 Å². The van der Waals surface area contributed by atoms with Crippen LogP contribution in [0.1, 0.15) is 55.7 Å². The quantitative estimate of drug-likeness (QED) is 0.833. The Morgan fingerprint density at radius 1 is 1.19 bits per heavy atom. The Kier molecular flexibility index (Phi) is 4.65. The Labute approximate surface area is 129 Å². The summed E-state index contributed by atoms with van der Waals surface area (Å²) in [7, 11) is 6.59. The first-order valence-corrected chi connectivity index (χ1v) is 8.54. The van der Waals surface area contributed by atoms with Crippen LogP contribution in [0.4, 0.5) is 0 Å². The number of aryl methyl sites for hydroxylation is 1. The van der Waals surface area contributed by atoms with Gasteiger partial charge in [-0.05, 0) is 46.3 Å². The molecule has 0 N–H and O–H groups in total. The Balaban J connectivity index is 1.63. The van der Waals surface area contributed by atoms with Gasteiger partial charge in [0.05, 0.1) is 5.69 Å². The molecule has 118 valence electrons. The van der Waals surface area contributed by atoms with Crippen LogP contribution in [0.5, 0.6) is 0 Å². The van der Waals surface area contributed by atoms with Crippen LogP contribution in [0, 0.1) is 0 Å². The lowest BCUT2D eigenvalue weighted by molar-refractivity contribution is 0.215. The number of rotatable bonds is 5. The minimum absolute atomic E-state index is 0.712. The molecule has 1 aliphatic carbocycles. The Morgan fingerprint density at radius 2 is 1.95 bits per heavy atom. The van der Waals surface area contributed by atoms with E-state index >= 15 is 0 Å². The van der Waals surface area contributed by atoms with E-state index in [1.165, 1.54) is 62.9 Å². The molecule has 1 aromatic rings. The SMILES string of the molecule is CN(Cc1cn(C)nc1C1CCCC1)C[C@@H]1CCCN1C. The summed E-state index contributed by atoms with van der Waals surface area (Å²) in [5.41, 5.74) is 2.83. The van der Waals surface area contributed by atoms with Crippen molar-refractivity contribution in [1.82, 2.24) is 19.6 Å². The first kappa shape index (κ1) is 15.0. The molecule has 0 bridgehead atoms. The van der Waals surface area contributed by atoms with E-state index in [9.17, 15) is 0 Å². The predicted molar refractivity (Wildman–Crippen MR) is 86.4 cm³/mol. The van der Waals surface area contributed by atoms with Gasteiger partial charge in [-0.25, -0.2) is 0 Å². The molecule has 2 heterocycles. The molecule has 0 aromatic carbocycles. The summed E-state index contributed by atoms with van der Waals surface area (Å²) < 4.78 is 2.01. The topological polar surface area (TPSA) is 24.3 Å². The van der Waals surface area contributed by atoms with Crippen LogP contribution >= 0.6 is 0 Å². The molecule has 0 radical (unpaired) electrons. The summed E-state index contributed by atoms with van der Waals surface area (Å²) in [5, 5.41) is 4.77. The number of likely N-dealkylation sites (N-methyl/N-ethyl adjacent to an activating group) is 2. The van der Waals surface area contributed by atoms with Crippen LogP contribution in [0.3, 0.4) is 0 Å². The van der Waals surface area contributed by atoms with Crippen molar-refractivity contribution in [1.29, 1.82) is 0 Å². The normalized spacial score (nSPS) is 24.5. The molecule has 3 rings (SSSR count). The van der Waals surface area contributed by atoms with Crippen molar-refractivity contribution in [3.63, 3.8) is 0 Å². The molecule has 1 atom stereocenters. The number of nitrogens with zero attached hydrogens (tertiary/aromatic N) is 4. The summed E-state index contributed by atoms with van der Waals surface area (Å²) in [6.45, 7) is 3.48. The molecular weight excluding hydrogens is 260 g/mol. The van der Waals surface area contributed by atoms with E-state index in [2.05, 4.69) is 37.1 Å². The lowest BCUT2D eigenvalue weighted by Crippen LogP contribution is -2.36. The molecule has 0 unspecified atom stereocenters. The van der Waals surface area contributed by atoms with Gasteiger partial charge < -0.3 is 9.80 Å². The fourth-order valence-electron chi connectivity index (χ4n) is 4.14. The van der Waals surface area contributed by atoms with Crippen molar-refractivity contribution in [3.8, 4) is 0 Å². The number of hydrogen-bond acceptors (Lipinski definition) is 3. The molecule has 4 nitrogen and oxygen atoms in total. The van der Waals surface area contributed by atoms with E-state index in [-0.39, 0.29) is 0 Å². The summed E-state index contributed by atoms with van der Waals surface area (Å²) in [4.78, 5) is 5.00.